The molecule has 0 spiro atoms. The number of tetrazole rings is 1. The van der Waals surface area contributed by atoms with Crippen molar-refractivity contribution in [2.75, 3.05) is 25.5 Å². The second kappa shape index (κ2) is 12.9. The van der Waals surface area contributed by atoms with E-state index in [1.807, 2.05) is 43.3 Å². The van der Waals surface area contributed by atoms with Gasteiger partial charge in [0.1, 0.15) is 27.5 Å². The molecule has 0 saturated carbocycles. The Labute approximate surface area is 271 Å². The van der Waals surface area contributed by atoms with Crippen molar-refractivity contribution in [3.05, 3.63) is 52.4 Å². The van der Waals surface area contributed by atoms with Crippen molar-refractivity contribution in [3.63, 3.8) is 0 Å². The van der Waals surface area contributed by atoms with Gasteiger partial charge in [-0.05, 0) is 101 Å². The SMILES string of the molecule is COc1cc2c(Oc3ccc(C4CCN(C(=O)C(C)(C)NC(=O)OC(C)(C)C)CC4)cc3)c(C(=O)Nc3nn[nH]n3)sc2cc1C. The van der Waals surface area contributed by atoms with E-state index in [1.165, 1.54) is 11.3 Å². The second-order valence-corrected chi connectivity index (χ2v) is 13.8. The van der Waals surface area contributed by atoms with Crippen LogP contribution in [0.3, 0.4) is 0 Å². The number of benzene rings is 2. The van der Waals surface area contributed by atoms with Gasteiger partial charge in [-0.2, -0.15) is 5.21 Å². The fraction of sp³-hybridized carbons (Fsp3) is 0.438. The number of fused-ring (bicyclic) bond motifs is 1. The number of piperidine rings is 1. The number of aromatic amines is 1. The molecule has 46 heavy (non-hydrogen) atoms. The van der Waals surface area contributed by atoms with Crippen molar-refractivity contribution in [1.29, 1.82) is 0 Å². The maximum absolute atomic E-state index is 13.3. The van der Waals surface area contributed by atoms with Gasteiger partial charge in [-0.3, -0.25) is 14.9 Å². The Morgan fingerprint density at radius 1 is 1.04 bits per heavy atom. The molecule has 2 aromatic heterocycles. The van der Waals surface area contributed by atoms with Crippen LogP contribution in [0.4, 0.5) is 10.7 Å². The number of carbonyl (C=O) groups excluding carboxylic acids is 3. The molecule has 13 nitrogen and oxygen atoms in total. The van der Waals surface area contributed by atoms with Crippen LogP contribution in [-0.4, -0.2) is 74.8 Å². The number of rotatable bonds is 8. The number of hydrogen-bond donors (Lipinski definition) is 3. The van der Waals surface area contributed by atoms with Crippen LogP contribution in [-0.2, 0) is 9.53 Å². The molecule has 3 amide bonds. The minimum Gasteiger partial charge on any atom is -0.496 e. The summed E-state index contributed by atoms with van der Waals surface area (Å²) >= 11 is 1.30. The molecule has 1 saturated heterocycles. The van der Waals surface area contributed by atoms with Gasteiger partial charge in [-0.1, -0.05) is 17.2 Å². The van der Waals surface area contributed by atoms with Crippen LogP contribution in [0.2, 0.25) is 0 Å². The van der Waals surface area contributed by atoms with Crippen molar-refractivity contribution in [2.45, 2.75) is 71.4 Å². The van der Waals surface area contributed by atoms with E-state index in [0.29, 0.717) is 35.2 Å². The number of H-pyrrole nitrogens is 1. The van der Waals surface area contributed by atoms with Gasteiger partial charge in [0.25, 0.3) is 11.9 Å². The molecule has 14 heteroatoms. The lowest BCUT2D eigenvalue weighted by atomic mass is 9.88. The zero-order valence-corrected chi connectivity index (χ0v) is 27.8. The number of anilines is 1. The van der Waals surface area contributed by atoms with Crippen molar-refractivity contribution >= 4 is 45.3 Å². The van der Waals surface area contributed by atoms with Gasteiger partial charge in [0, 0.05) is 23.2 Å². The van der Waals surface area contributed by atoms with E-state index >= 15 is 0 Å². The van der Waals surface area contributed by atoms with E-state index < -0.39 is 23.1 Å². The fourth-order valence-corrected chi connectivity index (χ4v) is 6.50. The minimum atomic E-state index is -1.09. The van der Waals surface area contributed by atoms with Gasteiger partial charge in [0.15, 0.2) is 5.75 Å². The van der Waals surface area contributed by atoms with E-state index in [0.717, 1.165) is 34.1 Å². The van der Waals surface area contributed by atoms with Crippen molar-refractivity contribution in [2.24, 2.45) is 0 Å². The number of alkyl carbamates (subject to hydrolysis) is 1. The topological polar surface area (TPSA) is 161 Å². The largest absolute Gasteiger partial charge is 0.496 e. The Morgan fingerprint density at radius 2 is 1.74 bits per heavy atom. The average Bonchev–Trinajstić information content (AvgIpc) is 3.63. The smallest absolute Gasteiger partial charge is 0.408 e. The van der Waals surface area contributed by atoms with E-state index in [1.54, 1.807) is 46.6 Å². The molecule has 3 N–H and O–H groups in total. The van der Waals surface area contributed by atoms with Gasteiger partial charge < -0.3 is 24.4 Å². The first-order chi connectivity index (χ1) is 21.7. The fourth-order valence-electron chi connectivity index (χ4n) is 5.40. The Hall–Kier alpha value is -4.72. The van der Waals surface area contributed by atoms with Gasteiger partial charge in [-0.15, -0.1) is 16.4 Å². The van der Waals surface area contributed by atoms with E-state index in [2.05, 4.69) is 31.3 Å². The summed E-state index contributed by atoms with van der Waals surface area (Å²) in [6.45, 7) is 11.8. The third-order valence-electron chi connectivity index (χ3n) is 7.64. The lowest BCUT2D eigenvalue weighted by Gasteiger charge is -2.37. The molecular formula is C32H39N7O6S. The molecule has 0 bridgehead atoms. The van der Waals surface area contributed by atoms with Gasteiger partial charge in [-0.25, -0.2) is 4.79 Å². The van der Waals surface area contributed by atoms with E-state index in [9.17, 15) is 14.4 Å². The van der Waals surface area contributed by atoms with Gasteiger partial charge >= 0.3 is 6.09 Å². The highest BCUT2D eigenvalue weighted by Crippen LogP contribution is 2.43. The minimum absolute atomic E-state index is 0.0575. The average molecular weight is 650 g/mol. The van der Waals surface area contributed by atoms with Crippen LogP contribution in [0.15, 0.2) is 36.4 Å². The molecule has 1 aliphatic rings. The van der Waals surface area contributed by atoms with Crippen LogP contribution in [0.1, 0.15) is 74.2 Å². The summed E-state index contributed by atoms with van der Waals surface area (Å²) in [5, 5.41) is 19.5. The molecule has 1 aliphatic heterocycles. The first-order valence-corrected chi connectivity index (χ1v) is 15.8. The highest BCUT2D eigenvalue weighted by molar-refractivity contribution is 7.21. The summed E-state index contributed by atoms with van der Waals surface area (Å²) in [6, 6.07) is 11.6. The number of likely N-dealkylation sites (tertiary alicyclic amines) is 1. The van der Waals surface area contributed by atoms with Crippen LogP contribution >= 0.6 is 11.3 Å². The normalized spacial score (nSPS) is 14.2. The number of carbonyl (C=O) groups is 3. The third-order valence-corrected chi connectivity index (χ3v) is 8.77. The Morgan fingerprint density at radius 3 is 2.35 bits per heavy atom. The highest BCUT2D eigenvalue weighted by atomic mass is 32.1. The number of aromatic nitrogens is 4. The van der Waals surface area contributed by atoms with Gasteiger partial charge in [0.05, 0.1) is 7.11 Å². The number of hydrogen-bond acceptors (Lipinski definition) is 10. The molecule has 3 heterocycles. The number of amides is 3. The van der Waals surface area contributed by atoms with E-state index in [4.69, 9.17) is 14.2 Å². The number of aryl methyl sites for hydroxylation is 1. The lowest BCUT2D eigenvalue weighted by molar-refractivity contribution is -0.138. The summed E-state index contributed by atoms with van der Waals surface area (Å²) in [5.74, 6) is 1.41. The molecule has 5 rings (SSSR count). The van der Waals surface area contributed by atoms with Crippen LogP contribution < -0.4 is 20.1 Å². The van der Waals surface area contributed by atoms with Crippen LogP contribution in [0.25, 0.3) is 10.1 Å². The summed E-state index contributed by atoms with van der Waals surface area (Å²) in [4.78, 5) is 41.0. The molecule has 1 fully saturated rings. The van der Waals surface area contributed by atoms with Crippen LogP contribution in [0, 0.1) is 6.92 Å². The summed E-state index contributed by atoms with van der Waals surface area (Å²) in [5.41, 5.74) is 0.324. The molecule has 0 radical (unpaired) electrons. The maximum Gasteiger partial charge on any atom is 0.408 e. The number of thiophene rings is 1. The standard InChI is InChI=1S/C32H39N7O6S/c1-18-16-24-22(17-23(18)43-7)25(26(46-24)27(40)33-29-35-37-38-36-29)44-21-10-8-19(9-11-21)20-12-14-39(15-13-20)28(41)32(5,6)34-30(42)45-31(2,3)4/h8-11,16-17,20H,12-15H2,1-7H3,(H,34,42)(H2,33,35,36,37,38,40). The second-order valence-electron chi connectivity index (χ2n) is 12.8. The Balaban J connectivity index is 1.27. The molecule has 0 atom stereocenters. The highest BCUT2D eigenvalue weighted by Gasteiger charge is 2.36. The predicted octanol–water partition coefficient (Wildman–Crippen LogP) is 5.79. The first kappa shape index (κ1) is 32.7. The summed E-state index contributed by atoms with van der Waals surface area (Å²) in [6.07, 6.45) is 0.944. The van der Waals surface area contributed by atoms with Crippen molar-refractivity contribution in [3.8, 4) is 17.2 Å². The Kier molecular flexibility index (Phi) is 9.20. The maximum atomic E-state index is 13.3. The zero-order valence-electron chi connectivity index (χ0n) is 27.0. The lowest BCUT2D eigenvalue weighted by Crippen LogP contribution is -2.57. The monoisotopic (exact) mass is 649 g/mol. The zero-order chi connectivity index (χ0) is 33.2. The summed E-state index contributed by atoms with van der Waals surface area (Å²) < 4.78 is 18.1. The Bertz CT molecular complexity index is 1720. The number of nitrogens with one attached hydrogen (secondary N) is 3. The van der Waals surface area contributed by atoms with E-state index in [-0.39, 0.29) is 17.8 Å². The molecular weight excluding hydrogens is 610 g/mol. The van der Waals surface area contributed by atoms with Crippen LogP contribution in [0.5, 0.6) is 17.2 Å². The van der Waals surface area contributed by atoms with Crippen molar-refractivity contribution < 1.29 is 28.6 Å². The number of nitrogens with zero attached hydrogens (tertiary/aromatic N) is 4. The molecule has 0 aliphatic carbocycles. The number of methoxy groups -OCH3 is 1. The molecule has 0 unspecified atom stereocenters. The third kappa shape index (κ3) is 7.39. The quantitative estimate of drug-likeness (QED) is 0.215. The molecule has 244 valence electrons. The molecule has 2 aromatic carbocycles. The predicted molar refractivity (Wildman–Crippen MR) is 174 cm³/mol. The number of ether oxygens (including phenoxy) is 3. The van der Waals surface area contributed by atoms with Crippen molar-refractivity contribution in [1.82, 2.24) is 30.8 Å². The molecule has 4 aromatic rings. The summed E-state index contributed by atoms with van der Waals surface area (Å²) in [7, 11) is 1.60. The first-order valence-electron chi connectivity index (χ1n) is 15.0. The van der Waals surface area contributed by atoms with Gasteiger partial charge in [0.2, 0.25) is 5.91 Å².